The molecule has 76 valence electrons. The highest BCUT2D eigenvalue weighted by atomic mass is 16.5. The monoisotopic (exact) mass is 185 g/mol. The minimum Gasteiger partial charge on any atom is -0.466 e. The summed E-state index contributed by atoms with van der Waals surface area (Å²) in [6.07, 6.45) is 1.71. The van der Waals surface area contributed by atoms with Crippen LogP contribution in [-0.2, 0) is 9.53 Å². The number of carbonyl (C=O) groups is 1. The molecule has 1 aliphatic rings. The van der Waals surface area contributed by atoms with Gasteiger partial charge in [0, 0.05) is 6.54 Å². The summed E-state index contributed by atoms with van der Waals surface area (Å²) in [6, 6.07) is 0. The van der Waals surface area contributed by atoms with Crippen molar-refractivity contribution >= 4 is 5.97 Å². The second kappa shape index (κ2) is 3.29. The second-order valence-electron chi connectivity index (χ2n) is 4.72. The standard InChI is InChI=1S/C10H19NO2/c1-4-13-8(12)10(7-11)5-9(2,3)6-10/h4-7,11H2,1-3H3. The predicted molar refractivity (Wildman–Crippen MR) is 51.1 cm³/mol. The first-order valence-electron chi connectivity index (χ1n) is 4.83. The summed E-state index contributed by atoms with van der Waals surface area (Å²) in [5.74, 6) is -0.114. The van der Waals surface area contributed by atoms with Crippen molar-refractivity contribution in [2.75, 3.05) is 13.2 Å². The van der Waals surface area contributed by atoms with Gasteiger partial charge in [-0.2, -0.15) is 0 Å². The van der Waals surface area contributed by atoms with E-state index in [9.17, 15) is 4.79 Å². The second-order valence-corrected chi connectivity index (χ2v) is 4.72. The molecule has 0 aromatic heterocycles. The molecule has 2 N–H and O–H groups in total. The van der Waals surface area contributed by atoms with E-state index in [-0.39, 0.29) is 16.8 Å². The predicted octanol–water partition coefficient (Wildman–Crippen LogP) is 1.31. The van der Waals surface area contributed by atoms with Gasteiger partial charge in [-0.25, -0.2) is 0 Å². The normalized spacial score (nSPS) is 23.4. The third kappa shape index (κ3) is 1.85. The third-order valence-corrected chi connectivity index (χ3v) is 2.73. The van der Waals surface area contributed by atoms with Crippen LogP contribution in [0, 0.1) is 10.8 Å². The van der Waals surface area contributed by atoms with E-state index >= 15 is 0 Å². The topological polar surface area (TPSA) is 52.3 Å². The van der Waals surface area contributed by atoms with Crippen molar-refractivity contribution in [3.63, 3.8) is 0 Å². The molecule has 1 saturated carbocycles. The van der Waals surface area contributed by atoms with Crippen molar-refractivity contribution in [3.05, 3.63) is 0 Å². The molecule has 0 aliphatic heterocycles. The van der Waals surface area contributed by atoms with Crippen molar-refractivity contribution < 1.29 is 9.53 Å². The zero-order chi connectivity index (χ0) is 10.1. The van der Waals surface area contributed by atoms with E-state index in [4.69, 9.17) is 10.5 Å². The first-order valence-corrected chi connectivity index (χ1v) is 4.83. The van der Waals surface area contributed by atoms with Crippen LogP contribution in [0.5, 0.6) is 0 Å². The summed E-state index contributed by atoms with van der Waals surface area (Å²) in [6.45, 7) is 6.99. The summed E-state index contributed by atoms with van der Waals surface area (Å²) >= 11 is 0. The molecule has 0 aromatic carbocycles. The average Bonchev–Trinajstić information content (AvgIpc) is 1.99. The van der Waals surface area contributed by atoms with Gasteiger partial charge >= 0.3 is 5.97 Å². The zero-order valence-corrected chi connectivity index (χ0v) is 8.72. The number of esters is 1. The maximum atomic E-state index is 11.6. The van der Waals surface area contributed by atoms with Gasteiger partial charge in [0.1, 0.15) is 0 Å². The van der Waals surface area contributed by atoms with Crippen LogP contribution in [0.3, 0.4) is 0 Å². The lowest BCUT2D eigenvalue weighted by atomic mass is 9.54. The van der Waals surface area contributed by atoms with Crippen LogP contribution in [0.25, 0.3) is 0 Å². The van der Waals surface area contributed by atoms with E-state index < -0.39 is 0 Å². The molecule has 0 spiro atoms. The molecule has 0 aromatic rings. The molecular weight excluding hydrogens is 166 g/mol. The largest absolute Gasteiger partial charge is 0.466 e. The van der Waals surface area contributed by atoms with Crippen molar-refractivity contribution in [1.29, 1.82) is 0 Å². The Morgan fingerprint density at radius 3 is 2.31 bits per heavy atom. The van der Waals surface area contributed by atoms with Crippen molar-refractivity contribution in [2.45, 2.75) is 33.6 Å². The quantitative estimate of drug-likeness (QED) is 0.674. The Bertz CT molecular complexity index is 203. The molecule has 1 fully saturated rings. The van der Waals surface area contributed by atoms with Gasteiger partial charge in [-0.3, -0.25) is 4.79 Å². The fraction of sp³-hybridized carbons (Fsp3) is 0.900. The zero-order valence-electron chi connectivity index (χ0n) is 8.72. The summed E-state index contributed by atoms with van der Waals surface area (Å²) in [4.78, 5) is 11.6. The smallest absolute Gasteiger partial charge is 0.313 e. The number of carbonyl (C=O) groups excluding carboxylic acids is 1. The molecule has 3 nitrogen and oxygen atoms in total. The molecule has 1 rings (SSSR count). The van der Waals surface area contributed by atoms with Crippen molar-refractivity contribution in [3.8, 4) is 0 Å². The first-order chi connectivity index (χ1) is 5.96. The summed E-state index contributed by atoms with van der Waals surface area (Å²) in [5, 5.41) is 0. The van der Waals surface area contributed by atoms with Crippen molar-refractivity contribution in [1.82, 2.24) is 0 Å². The van der Waals surface area contributed by atoms with E-state index in [1.54, 1.807) is 0 Å². The van der Waals surface area contributed by atoms with Gasteiger partial charge in [-0.15, -0.1) is 0 Å². The van der Waals surface area contributed by atoms with Gasteiger partial charge < -0.3 is 10.5 Å². The summed E-state index contributed by atoms with van der Waals surface area (Å²) < 4.78 is 5.01. The fourth-order valence-electron chi connectivity index (χ4n) is 2.44. The molecule has 13 heavy (non-hydrogen) atoms. The van der Waals surface area contributed by atoms with E-state index in [1.165, 1.54) is 0 Å². The third-order valence-electron chi connectivity index (χ3n) is 2.73. The summed E-state index contributed by atoms with van der Waals surface area (Å²) in [7, 11) is 0. The van der Waals surface area contributed by atoms with Gasteiger partial charge in [0.15, 0.2) is 0 Å². The number of hydrogen-bond donors (Lipinski definition) is 1. The molecule has 0 unspecified atom stereocenters. The van der Waals surface area contributed by atoms with Gasteiger partial charge in [0.05, 0.1) is 12.0 Å². The minimum atomic E-state index is -0.375. The van der Waals surface area contributed by atoms with Crippen LogP contribution in [0.15, 0.2) is 0 Å². The molecular formula is C10H19NO2. The van der Waals surface area contributed by atoms with Gasteiger partial charge in [0.25, 0.3) is 0 Å². The molecule has 1 aliphatic carbocycles. The summed E-state index contributed by atoms with van der Waals surface area (Å²) in [5.41, 5.74) is 5.50. The van der Waals surface area contributed by atoms with Crippen LogP contribution < -0.4 is 5.73 Å². The molecule has 0 amide bonds. The van der Waals surface area contributed by atoms with Crippen LogP contribution in [0.4, 0.5) is 0 Å². The van der Waals surface area contributed by atoms with E-state index in [0.29, 0.717) is 13.2 Å². The number of ether oxygens (including phenoxy) is 1. The molecule has 0 saturated heterocycles. The lowest BCUT2D eigenvalue weighted by Crippen LogP contribution is -2.53. The maximum absolute atomic E-state index is 11.6. The van der Waals surface area contributed by atoms with E-state index in [1.807, 2.05) is 6.92 Å². The highest BCUT2D eigenvalue weighted by Crippen LogP contribution is 2.54. The van der Waals surface area contributed by atoms with Gasteiger partial charge in [-0.05, 0) is 25.2 Å². The SMILES string of the molecule is CCOC(=O)C1(CN)CC(C)(C)C1. The van der Waals surface area contributed by atoms with Crippen LogP contribution in [0.1, 0.15) is 33.6 Å². The molecule has 0 radical (unpaired) electrons. The van der Waals surface area contributed by atoms with E-state index in [2.05, 4.69) is 13.8 Å². The lowest BCUT2D eigenvalue weighted by Gasteiger charge is -2.50. The van der Waals surface area contributed by atoms with Crippen LogP contribution >= 0.6 is 0 Å². The van der Waals surface area contributed by atoms with Crippen molar-refractivity contribution in [2.24, 2.45) is 16.6 Å². The molecule has 0 bridgehead atoms. The Kier molecular flexibility index (Phi) is 2.66. The number of nitrogens with two attached hydrogens (primary N) is 1. The van der Waals surface area contributed by atoms with Gasteiger partial charge in [0.2, 0.25) is 0 Å². The number of rotatable bonds is 3. The lowest BCUT2D eigenvalue weighted by molar-refractivity contribution is -0.168. The van der Waals surface area contributed by atoms with Crippen LogP contribution in [0.2, 0.25) is 0 Å². The van der Waals surface area contributed by atoms with Crippen LogP contribution in [-0.4, -0.2) is 19.1 Å². The Hall–Kier alpha value is -0.570. The highest BCUT2D eigenvalue weighted by Gasteiger charge is 2.54. The highest BCUT2D eigenvalue weighted by molar-refractivity contribution is 5.78. The van der Waals surface area contributed by atoms with Gasteiger partial charge in [-0.1, -0.05) is 13.8 Å². The Morgan fingerprint density at radius 2 is 2.00 bits per heavy atom. The minimum absolute atomic E-state index is 0.114. The first kappa shape index (κ1) is 10.5. The molecule has 0 atom stereocenters. The Labute approximate surface area is 79.6 Å². The average molecular weight is 185 g/mol. The maximum Gasteiger partial charge on any atom is 0.313 e. The Morgan fingerprint density at radius 1 is 1.46 bits per heavy atom. The fourth-order valence-corrected chi connectivity index (χ4v) is 2.44. The van der Waals surface area contributed by atoms with E-state index in [0.717, 1.165) is 12.8 Å². The molecule has 0 heterocycles. The Balaban J connectivity index is 2.59. The number of hydrogen-bond acceptors (Lipinski definition) is 3. The molecule has 3 heteroatoms.